The standard InChI is InChI=1S/C17H23ClN4OS/c1-13(12-22-6-8-23-9-7-22)11-19-17-21-20-16(24-17)10-14-2-4-15(18)5-3-14/h2-5,13H,6-12H2,1H3,(H,19,21). The summed E-state index contributed by atoms with van der Waals surface area (Å²) in [5.41, 5.74) is 1.20. The molecule has 24 heavy (non-hydrogen) atoms. The fourth-order valence-electron chi connectivity index (χ4n) is 2.72. The van der Waals surface area contributed by atoms with Gasteiger partial charge in [-0.25, -0.2) is 0 Å². The number of nitrogens with one attached hydrogen (secondary N) is 1. The van der Waals surface area contributed by atoms with Crippen molar-refractivity contribution < 1.29 is 4.74 Å². The van der Waals surface area contributed by atoms with Crippen molar-refractivity contribution in [3.05, 3.63) is 39.9 Å². The highest BCUT2D eigenvalue weighted by atomic mass is 35.5. The lowest BCUT2D eigenvalue weighted by Gasteiger charge is -2.29. The van der Waals surface area contributed by atoms with E-state index in [0.29, 0.717) is 5.92 Å². The summed E-state index contributed by atoms with van der Waals surface area (Å²) in [7, 11) is 0. The van der Waals surface area contributed by atoms with Gasteiger partial charge in [-0.15, -0.1) is 10.2 Å². The van der Waals surface area contributed by atoms with Crippen molar-refractivity contribution >= 4 is 28.1 Å². The largest absolute Gasteiger partial charge is 0.379 e. The number of nitrogens with zero attached hydrogens (tertiary/aromatic N) is 3. The fourth-order valence-corrected chi connectivity index (χ4v) is 3.63. The Morgan fingerprint density at radius 3 is 2.75 bits per heavy atom. The number of morpholine rings is 1. The van der Waals surface area contributed by atoms with Gasteiger partial charge < -0.3 is 10.1 Å². The minimum absolute atomic E-state index is 0.562. The molecule has 3 rings (SSSR count). The third-order valence-corrected chi connectivity index (χ3v) is 5.14. The molecule has 130 valence electrons. The van der Waals surface area contributed by atoms with Crippen molar-refractivity contribution in [3.63, 3.8) is 0 Å². The van der Waals surface area contributed by atoms with Crippen LogP contribution in [0.3, 0.4) is 0 Å². The van der Waals surface area contributed by atoms with Crippen LogP contribution in [0.15, 0.2) is 24.3 Å². The van der Waals surface area contributed by atoms with E-state index in [0.717, 1.165) is 61.0 Å². The summed E-state index contributed by atoms with van der Waals surface area (Å²) in [6.45, 7) is 8.04. The molecule has 1 unspecified atom stereocenters. The molecular weight excluding hydrogens is 344 g/mol. The van der Waals surface area contributed by atoms with Gasteiger partial charge >= 0.3 is 0 Å². The van der Waals surface area contributed by atoms with Gasteiger partial charge in [0, 0.05) is 37.6 Å². The molecule has 0 aliphatic carbocycles. The lowest BCUT2D eigenvalue weighted by atomic mass is 10.1. The number of benzene rings is 1. The lowest BCUT2D eigenvalue weighted by Crippen LogP contribution is -2.40. The average Bonchev–Trinajstić information content (AvgIpc) is 3.04. The van der Waals surface area contributed by atoms with Crippen molar-refractivity contribution in [1.29, 1.82) is 0 Å². The summed E-state index contributed by atoms with van der Waals surface area (Å²) in [4.78, 5) is 2.46. The summed E-state index contributed by atoms with van der Waals surface area (Å²) >= 11 is 7.53. The number of rotatable bonds is 7. The van der Waals surface area contributed by atoms with Gasteiger partial charge in [-0.05, 0) is 23.6 Å². The molecule has 1 atom stereocenters. The Hall–Kier alpha value is -1.21. The number of hydrogen-bond donors (Lipinski definition) is 1. The Morgan fingerprint density at radius 2 is 2.00 bits per heavy atom. The highest BCUT2D eigenvalue weighted by Crippen LogP contribution is 2.20. The zero-order chi connectivity index (χ0) is 16.8. The van der Waals surface area contributed by atoms with Crippen molar-refractivity contribution in [2.24, 2.45) is 5.92 Å². The molecule has 0 bridgehead atoms. The average molecular weight is 367 g/mol. The molecule has 0 amide bonds. The lowest BCUT2D eigenvalue weighted by molar-refractivity contribution is 0.0325. The van der Waals surface area contributed by atoms with E-state index in [2.05, 4.69) is 27.3 Å². The molecule has 1 aromatic carbocycles. The van der Waals surface area contributed by atoms with Crippen LogP contribution in [0, 0.1) is 5.92 Å². The summed E-state index contributed by atoms with van der Waals surface area (Å²) < 4.78 is 5.39. The third-order valence-electron chi connectivity index (χ3n) is 4.01. The monoisotopic (exact) mass is 366 g/mol. The molecule has 7 heteroatoms. The first kappa shape index (κ1) is 17.6. The molecule has 2 aromatic rings. The first-order chi connectivity index (χ1) is 11.7. The fraction of sp³-hybridized carbons (Fsp3) is 0.529. The summed E-state index contributed by atoms with van der Waals surface area (Å²) in [5.74, 6) is 0.562. The molecule has 2 heterocycles. The quantitative estimate of drug-likeness (QED) is 0.815. The molecule has 0 spiro atoms. The Morgan fingerprint density at radius 1 is 1.25 bits per heavy atom. The zero-order valence-corrected chi connectivity index (χ0v) is 15.4. The van der Waals surface area contributed by atoms with Crippen molar-refractivity contribution in [2.45, 2.75) is 13.3 Å². The molecular formula is C17H23ClN4OS. The van der Waals surface area contributed by atoms with Gasteiger partial charge in [0.2, 0.25) is 5.13 Å². The molecule has 0 radical (unpaired) electrons. The third kappa shape index (κ3) is 5.41. The highest BCUT2D eigenvalue weighted by Gasteiger charge is 2.14. The van der Waals surface area contributed by atoms with Gasteiger partial charge in [0.05, 0.1) is 13.2 Å². The normalized spacial score (nSPS) is 16.9. The van der Waals surface area contributed by atoms with Crippen LogP contribution in [0.5, 0.6) is 0 Å². The summed E-state index contributed by atoms with van der Waals surface area (Å²) in [5, 5.41) is 14.6. The van der Waals surface area contributed by atoms with Gasteiger partial charge in [0.25, 0.3) is 0 Å². The molecule has 1 aromatic heterocycles. The van der Waals surface area contributed by atoms with Gasteiger partial charge in [-0.3, -0.25) is 4.90 Å². The van der Waals surface area contributed by atoms with E-state index in [4.69, 9.17) is 16.3 Å². The second kappa shape index (κ2) is 8.76. The van der Waals surface area contributed by atoms with E-state index in [1.807, 2.05) is 24.3 Å². The van der Waals surface area contributed by atoms with E-state index in [1.165, 1.54) is 5.56 Å². The van der Waals surface area contributed by atoms with Gasteiger partial charge in [-0.2, -0.15) is 0 Å². The summed E-state index contributed by atoms with van der Waals surface area (Å²) in [6.07, 6.45) is 0.792. The molecule has 1 aliphatic heterocycles. The maximum Gasteiger partial charge on any atom is 0.205 e. The second-order valence-electron chi connectivity index (χ2n) is 6.20. The number of aromatic nitrogens is 2. The van der Waals surface area contributed by atoms with E-state index < -0.39 is 0 Å². The van der Waals surface area contributed by atoms with E-state index in [9.17, 15) is 0 Å². The molecule has 1 saturated heterocycles. The Kier molecular flexibility index (Phi) is 6.43. The minimum Gasteiger partial charge on any atom is -0.379 e. The van der Waals surface area contributed by atoms with E-state index in [-0.39, 0.29) is 0 Å². The number of hydrogen-bond acceptors (Lipinski definition) is 6. The molecule has 1 N–H and O–H groups in total. The van der Waals surface area contributed by atoms with Crippen LogP contribution in [-0.2, 0) is 11.2 Å². The van der Waals surface area contributed by atoms with Crippen LogP contribution >= 0.6 is 22.9 Å². The van der Waals surface area contributed by atoms with Gasteiger partial charge in [-0.1, -0.05) is 42.0 Å². The van der Waals surface area contributed by atoms with Crippen LogP contribution in [0.1, 0.15) is 17.5 Å². The van der Waals surface area contributed by atoms with Crippen molar-refractivity contribution in [3.8, 4) is 0 Å². The van der Waals surface area contributed by atoms with Crippen LogP contribution in [0.2, 0.25) is 5.02 Å². The highest BCUT2D eigenvalue weighted by molar-refractivity contribution is 7.15. The maximum absolute atomic E-state index is 5.91. The minimum atomic E-state index is 0.562. The molecule has 0 saturated carbocycles. The Balaban J connectivity index is 1.44. The Labute approximate surface area is 152 Å². The maximum atomic E-state index is 5.91. The van der Waals surface area contributed by atoms with Gasteiger partial charge in [0.1, 0.15) is 5.01 Å². The number of anilines is 1. The smallest absolute Gasteiger partial charge is 0.205 e. The van der Waals surface area contributed by atoms with Crippen molar-refractivity contribution in [1.82, 2.24) is 15.1 Å². The topological polar surface area (TPSA) is 50.3 Å². The number of ether oxygens (including phenoxy) is 1. The van der Waals surface area contributed by atoms with Crippen LogP contribution in [0.25, 0.3) is 0 Å². The first-order valence-electron chi connectivity index (χ1n) is 8.30. The van der Waals surface area contributed by atoms with Crippen LogP contribution in [-0.4, -0.2) is 54.5 Å². The molecule has 5 nitrogen and oxygen atoms in total. The molecule has 1 aliphatic rings. The predicted molar refractivity (Wildman–Crippen MR) is 99.1 cm³/mol. The molecule has 1 fully saturated rings. The zero-order valence-electron chi connectivity index (χ0n) is 13.9. The first-order valence-corrected chi connectivity index (χ1v) is 9.49. The Bertz CT molecular complexity index is 628. The van der Waals surface area contributed by atoms with Gasteiger partial charge in [0.15, 0.2) is 0 Å². The number of halogens is 1. The van der Waals surface area contributed by atoms with Crippen molar-refractivity contribution in [2.75, 3.05) is 44.7 Å². The second-order valence-corrected chi connectivity index (χ2v) is 7.70. The van der Waals surface area contributed by atoms with Crippen LogP contribution < -0.4 is 5.32 Å². The van der Waals surface area contributed by atoms with E-state index in [1.54, 1.807) is 11.3 Å². The predicted octanol–water partition coefficient (Wildman–Crippen LogP) is 3.16. The van der Waals surface area contributed by atoms with Crippen LogP contribution in [0.4, 0.5) is 5.13 Å². The summed E-state index contributed by atoms with van der Waals surface area (Å²) in [6, 6.07) is 7.87. The SMILES string of the molecule is CC(CNc1nnc(Cc2ccc(Cl)cc2)s1)CN1CCOCC1. The van der Waals surface area contributed by atoms with E-state index >= 15 is 0 Å².